The molecule has 18 heavy (non-hydrogen) atoms. The molecule has 1 fully saturated rings. The van der Waals surface area contributed by atoms with Crippen LogP contribution >= 0.6 is 11.6 Å². The third kappa shape index (κ3) is 3.66. The molecule has 0 saturated heterocycles. The molecule has 0 unspecified atom stereocenters. The monoisotopic (exact) mass is 289 g/mol. The van der Waals surface area contributed by atoms with Crippen molar-refractivity contribution in [3.8, 4) is 0 Å². The van der Waals surface area contributed by atoms with E-state index in [1.54, 1.807) is 0 Å². The van der Waals surface area contributed by atoms with Crippen LogP contribution in [0.5, 0.6) is 0 Å². The van der Waals surface area contributed by atoms with Crippen LogP contribution in [0.25, 0.3) is 0 Å². The Bertz CT molecular complexity index is 540. The van der Waals surface area contributed by atoms with Gasteiger partial charge in [-0.25, -0.2) is 18.1 Å². The van der Waals surface area contributed by atoms with E-state index in [4.69, 9.17) is 11.6 Å². The highest BCUT2D eigenvalue weighted by molar-refractivity contribution is 7.89. The van der Waals surface area contributed by atoms with Gasteiger partial charge in [0.15, 0.2) is 0 Å². The van der Waals surface area contributed by atoms with Gasteiger partial charge in [-0.05, 0) is 25.0 Å². The first kappa shape index (κ1) is 13.3. The van der Waals surface area contributed by atoms with Crippen LogP contribution in [0.3, 0.4) is 0 Å². The van der Waals surface area contributed by atoms with Gasteiger partial charge < -0.3 is 5.32 Å². The lowest BCUT2D eigenvalue weighted by Crippen LogP contribution is -2.37. The van der Waals surface area contributed by atoms with E-state index in [-0.39, 0.29) is 28.5 Å². The molecule has 0 radical (unpaired) electrons. The Morgan fingerprint density at radius 3 is 2.72 bits per heavy atom. The maximum Gasteiger partial charge on any atom is 0.242 e. The highest BCUT2D eigenvalue weighted by atomic mass is 35.5. The smallest absolute Gasteiger partial charge is 0.242 e. The number of aromatic nitrogens is 1. The molecular weight excluding hydrogens is 278 g/mol. The van der Waals surface area contributed by atoms with Crippen molar-refractivity contribution >= 4 is 27.5 Å². The zero-order valence-corrected chi connectivity index (χ0v) is 11.0. The van der Waals surface area contributed by atoms with Gasteiger partial charge in [0, 0.05) is 12.2 Å². The van der Waals surface area contributed by atoms with Crippen molar-refractivity contribution in [1.82, 2.24) is 15.0 Å². The Hall–Kier alpha value is -1.18. The van der Waals surface area contributed by atoms with Crippen molar-refractivity contribution in [3.05, 3.63) is 23.5 Å². The van der Waals surface area contributed by atoms with Crippen LogP contribution < -0.4 is 10.0 Å². The van der Waals surface area contributed by atoms with Crippen molar-refractivity contribution in [1.29, 1.82) is 0 Å². The molecule has 0 atom stereocenters. The van der Waals surface area contributed by atoms with Gasteiger partial charge in [0.1, 0.15) is 10.0 Å². The summed E-state index contributed by atoms with van der Waals surface area (Å²) in [6.07, 6.45) is 3.06. The van der Waals surface area contributed by atoms with E-state index >= 15 is 0 Å². The third-order valence-corrected chi connectivity index (χ3v) is 3.99. The molecule has 1 aromatic heterocycles. The Balaban J connectivity index is 1.94. The van der Waals surface area contributed by atoms with Crippen molar-refractivity contribution in [2.24, 2.45) is 0 Å². The van der Waals surface area contributed by atoms with Crippen LogP contribution in [0, 0.1) is 0 Å². The number of nitrogens with one attached hydrogen (secondary N) is 2. The number of hydrogen-bond donors (Lipinski definition) is 2. The maximum absolute atomic E-state index is 11.8. The van der Waals surface area contributed by atoms with Crippen LogP contribution in [0.4, 0.5) is 0 Å². The molecule has 1 heterocycles. The van der Waals surface area contributed by atoms with Gasteiger partial charge in [0.05, 0.1) is 6.54 Å². The van der Waals surface area contributed by atoms with Gasteiger partial charge in [-0.2, -0.15) is 0 Å². The highest BCUT2D eigenvalue weighted by Gasteiger charge is 2.24. The Morgan fingerprint density at radius 2 is 2.17 bits per heavy atom. The first-order valence-electron chi connectivity index (χ1n) is 5.38. The molecule has 1 aliphatic rings. The predicted molar refractivity (Wildman–Crippen MR) is 65.6 cm³/mol. The lowest BCUT2D eigenvalue weighted by atomic mass is 10.5. The SMILES string of the molecule is O=C(CNS(=O)(=O)c1ccc(Cl)nc1)NC1CC1. The minimum Gasteiger partial charge on any atom is -0.352 e. The minimum absolute atomic E-state index is 0.0221. The number of rotatable bonds is 5. The molecule has 2 N–H and O–H groups in total. The molecular formula is C10H12ClN3O3S. The van der Waals surface area contributed by atoms with Crippen molar-refractivity contribution < 1.29 is 13.2 Å². The summed E-state index contributed by atoms with van der Waals surface area (Å²) in [6.45, 7) is -0.276. The fourth-order valence-electron chi connectivity index (χ4n) is 1.27. The Kier molecular flexibility index (Phi) is 3.84. The number of halogens is 1. The quantitative estimate of drug-likeness (QED) is 0.763. The van der Waals surface area contributed by atoms with E-state index in [1.807, 2.05) is 0 Å². The normalized spacial score (nSPS) is 15.4. The largest absolute Gasteiger partial charge is 0.352 e. The van der Waals surface area contributed by atoms with E-state index in [1.165, 1.54) is 12.1 Å². The predicted octanol–water partition coefficient (Wildman–Crippen LogP) is 0.292. The summed E-state index contributed by atoms with van der Waals surface area (Å²) in [4.78, 5) is 15.0. The summed E-state index contributed by atoms with van der Waals surface area (Å²) < 4.78 is 25.8. The van der Waals surface area contributed by atoms with Crippen LogP contribution in [0.15, 0.2) is 23.2 Å². The molecule has 1 amide bonds. The molecule has 0 spiro atoms. The Morgan fingerprint density at radius 1 is 1.44 bits per heavy atom. The van der Waals surface area contributed by atoms with Crippen LogP contribution in [0.2, 0.25) is 5.15 Å². The number of pyridine rings is 1. The molecule has 1 aromatic rings. The van der Waals surface area contributed by atoms with Crippen LogP contribution in [-0.2, 0) is 14.8 Å². The first-order valence-corrected chi connectivity index (χ1v) is 7.24. The average Bonchev–Trinajstić information content (AvgIpc) is 3.11. The van der Waals surface area contributed by atoms with Crippen molar-refractivity contribution in [2.45, 2.75) is 23.8 Å². The van der Waals surface area contributed by atoms with E-state index in [0.717, 1.165) is 19.0 Å². The molecule has 1 aliphatic carbocycles. The van der Waals surface area contributed by atoms with Gasteiger partial charge >= 0.3 is 0 Å². The summed E-state index contributed by atoms with van der Waals surface area (Å²) >= 11 is 5.56. The number of nitrogens with zero attached hydrogens (tertiary/aromatic N) is 1. The zero-order chi connectivity index (χ0) is 13.2. The number of amides is 1. The summed E-state index contributed by atoms with van der Waals surface area (Å²) in [5.41, 5.74) is 0. The summed E-state index contributed by atoms with van der Waals surface area (Å²) in [5, 5.41) is 2.89. The summed E-state index contributed by atoms with van der Waals surface area (Å²) in [7, 11) is -3.72. The highest BCUT2D eigenvalue weighted by Crippen LogP contribution is 2.18. The number of carbonyl (C=O) groups excluding carboxylic acids is 1. The molecule has 2 rings (SSSR count). The fraction of sp³-hybridized carbons (Fsp3) is 0.400. The minimum atomic E-state index is -3.72. The average molecular weight is 290 g/mol. The molecule has 8 heteroatoms. The Labute approximate surface area is 110 Å². The van der Waals surface area contributed by atoms with Gasteiger partial charge in [0.2, 0.25) is 15.9 Å². The molecule has 6 nitrogen and oxygen atoms in total. The number of carbonyl (C=O) groups is 1. The topological polar surface area (TPSA) is 88.2 Å². The van der Waals surface area contributed by atoms with Gasteiger partial charge in [0.25, 0.3) is 0 Å². The molecule has 1 saturated carbocycles. The summed E-state index contributed by atoms with van der Waals surface area (Å²) in [5.74, 6) is -0.331. The summed E-state index contributed by atoms with van der Waals surface area (Å²) in [6, 6.07) is 2.91. The second-order valence-electron chi connectivity index (χ2n) is 3.98. The van der Waals surface area contributed by atoms with E-state index in [2.05, 4.69) is 15.0 Å². The second-order valence-corrected chi connectivity index (χ2v) is 6.14. The van der Waals surface area contributed by atoms with Crippen molar-refractivity contribution in [2.75, 3.05) is 6.54 Å². The number of sulfonamides is 1. The third-order valence-electron chi connectivity index (χ3n) is 2.38. The standard InChI is InChI=1S/C10H12ClN3O3S/c11-9-4-3-8(5-12-9)18(16,17)13-6-10(15)14-7-1-2-7/h3-5,7,13H,1-2,6H2,(H,14,15). The first-order chi connectivity index (χ1) is 8.47. The van der Waals surface area contributed by atoms with E-state index in [9.17, 15) is 13.2 Å². The molecule has 0 aromatic carbocycles. The van der Waals surface area contributed by atoms with Gasteiger partial charge in [-0.1, -0.05) is 11.6 Å². The van der Waals surface area contributed by atoms with Crippen LogP contribution in [0.1, 0.15) is 12.8 Å². The van der Waals surface area contributed by atoms with E-state index in [0.29, 0.717) is 0 Å². The lowest BCUT2D eigenvalue weighted by Gasteiger charge is -2.06. The number of hydrogen-bond acceptors (Lipinski definition) is 4. The fourth-order valence-corrected chi connectivity index (χ4v) is 2.31. The maximum atomic E-state index is 11.8. The van der Waals surface area contributed by atoms with Gasteiger partial charge in [-0.15, -0.1) is 0 Å². The van der Waals surface area contributed by atoms with Gasteiger partial charge in [-0.3, -0.25) is 4.79 Å². The molecule has 0 bridgehead atoms. The molecule has 98 valence electrons. The van der Waals surface area contributed by atoms with Crippen LogP contribution in [-0.4, -0.2) is 31.9 Å². The van der Waals surface area contributed by atoms with E-state index < -0.39 is 10.0 Å². The second kappa shape index (κ2) is 5.21. The molecule has 0 aliphatic heterocycles. The zero-order valence-electron chi connectivity index (χ0n) is 9.39. The lowest BCUT2D eigenvalue weighted by molar-refractivity contribution is -0.120. The van der Waals surface area contributed by atoms with Crippen molar-refractivity contribution in [3.63, 3.8) is 0 Å².